The Bertz CT molecular complexity index is 1280. The fourth-order valence-corrected chi connectivity index (χ4v) is 3.62. The van der Waals surface area contributed by atoms with Gasteiger partial charge < -0.3 is 10.1 Å². The molecule has 0 aliphatic carbocycles. The normalized spacial score (nSPS) is 10.9. The molecule has 0 saturated carbocycles. The molecule has 0 atom stereocenters. The minimum absolute atomic E-state index is 0.177. The molecule has 10 heteroatoms. The molecule has 0 unspecified atom stereocenters. The highest BCUT2D eigenvalue weighted by Gasteiger charge is 2.14. The van der Waals surface area contributed by atoms with Gasteiger partial charge in [-0.2, -0.15) is 5.26 Å². The van der Waals surface area contributed by atoms with E-state index >= 15 is 0 Å². The van der Waals surface area contributed by atoms with Gasteiger partial charge in [-0.05, 0) is 47.5 Å². The Labute approximate surface area is 203 Å². The van der Waals surface area contributed by atoms with E-state index in [1.165, 1.54) is 42.5 Å². The highest BCUT2D eigenvalue weighted by atomic mass is 35.5. The second kappa shape index (κ2) is 10.8. The van der Waals surface area contributed by atoms with Crippen LogP contribution < -0.4 is 10.1 Å². The standard InChI is InChI=1S/C23H14Cl3N3O4/c24-17-4-1-3-14(8-17)13-33-22-20(25)9-15(10-21(22)26)7-16(12-27)23(30)28-18-5-2-6-19(11-18)29(31)32/h1-11H,13H2,(H,28,30)/b16-7+. The Hall–Kier alpha value is -3.57. The lowest BCUT2D eigenvalue weighted by Gasteiger charge is -2.11. The first-order chi connectivity index (χ1) is 15.8. The van der Waals surface area contributed by atoms with Crippen molar-refractivity contribution < 1.29 is 14.5 Å². The summed E-state index contributed by atoms with van der Waals surface area (Å²) in [5.41, 5.74) is 0.952. The van der Waals surface area contributed by atoms with Gasteiger partial charge in [0.1, 0.15) is 18.2 Å². The predicted octanol–water partition coefficient (Wildman–Crippen LogP) is 6.68. The van der Waals surface area contributed by atoms with Gasteiger partial charge in [-0.25, -0.2) is 0 Å². The number of amides is 1. The number of nitro groups is 1. The van der Waals surface area contributed by atoms with Gasteiger partial charge in [-0.15, -0.1) is 0 Å². The maximum absolute atomic E-state index is 12.5. The molecule has 3 aromatic rings. The zero-order valence-corrected chi connectivity index (χ0v) is 19.0. The SMILES string of the molecule is N#C/C(=C\c1cc(Cl)c(OCc2cccc(Cl)c2)c(Cl)c1)C(=O)Nc1cccc([N+](=O)[O-])c1. The molecule has 1 amide bonds. The summed E-state index contributed by atoms with van der Waals surface area (Å²) >= 11 is 18.6. The second-order valence-corrected chi connectivity index (χ2v) is 7.91. The summed E-state index contributed by atoms with van der Waals surface area (Å²) in [4.78, 5) is 22.8. The summed E-state index contributed by atoms with van der Waals surface area (Å²) in [6.07, 6.45) is 1.30. The Morgan fingerprint density at radius 3 is 2.42 bits per heavy atom. The van der Waals surface area contributed by atoms with Crippen molar-refractivity contribution in [1.82, 2.24) is 0 Å². The van der Waals surface area contributed by atoms with E-state index in [9.17, 15) is 20.2 Å². The third-order valence-electron chi connectivity index (χ3n) is 4.28. The Morgan fingerprint density at radius 2 is 1.79 bits per heavy atom. The number of nitrogens with one attached hydrogen (secondary N) is 1. The van der Waals surface area contributed by atoms with E-state index in [0.29, 0.717) is 10.6 Å². The summed E-state index contributed by atoms with van der Waals surface area (Å²) in [7, 11) is 0. The number of benzene rings is 3. The van der Waals surface area contributed by atoms with Crippen LogP contribution in [0.4, 0.5) is 11.4 Å². The average Bonchev–Trinajstić information content (AvgIpc) is 2.77. The lowest BCUT2D eigenvalue weighted by molar-refractivity contribution is -0.384. The number of nitro benzene ring substituents is 1. The van der Waals surface area contributed by atoms with Crippen molar-refractivity contribution in [1.29, 1.82) is 5.26 Å². The number of nitrogens with zero attached hydrogens (tertiary/aromatic N) is 2. The monoisotopic (exact) mass is 501 g/mol. The van der Waals surface area contributed by atoms with Gasteiger partial charge in [0.2, 0.25) is 0 Å². The van der Waals surface area contributed by atoms with Crippen LogP contribution in [0.1, 0.15) is 11.1 Å². The Morgan fingerprint density at radius 1 is 1.09 bits per heavy atom. The summed E-state index contributed by atoms with van der Waals surface area (Å²) in [6.45, 7) is 0.185. The van der Waals surface area contributed by atoms with Crippen LogP contribution in [-0.2, 0) is 11.4 Å². The molecule has 7 nitrogen and oxygen atoms in total. The van der Waals surface area contributed by atoms with Gasteiger partial charge in [0.05, 0.1) is 15.0 Å². The molecule has 0 spiro atoms. The third-order valence-corrected chi connectivity index (χ3v) is 5.08. The van der Waals surface area contributed by atoms with Crippen LogP contribution in [0.3, 0.4) is 0 Å². The van der Waals surface area contributed by atoms with Crippen molar-refractivity contribution in [3.8, 4) is 11.8 Å². The smallest absolute Gasteiger partial charge is 0.271 e. The Kier molecular flexibility index (Phi) is 7.91. The lowest BCUT2D eigenvalue weighted by atomic mass is 10.1. The van der Waals surface area contributed by atoms with Gasteiger partial charge in [-0.3, -0.25) is 14.9 Å². The summed E-state index contributed by atoms with van der Waals surface area (Å²) < 4.78 is 5.71. The van der Waals surface area contributed by atoms with Gasteiger partial charge in [0, 0.05) is 22.8 Å². The average molecular weight is 503 g/mol. The van der Waals surface area contributed by atoms with Crippen LogP contribution in [0.25, 0.3) is 6.08 Å². The first kappa shape index (κ1) is 24.1. The molecule has 33 heavy (non-hydrogen) atoms. The number of ether oxygens (including phenoxy) is 1. The van der Waals surface area contributed by atoms with Crippen LogP contribution in [0.15, 0.2) is 66.2 Å². The van der Waals surface area contributed by atoms with Crippen LogP contribution >= 0.6 is 34.8 Å². The first-order valence-electron chi connectivity index (χ1n) is 9.30. The lowest BCUT2D eigenvalue weighted by Crippen LogP contribution is -2.13. The molecule has 0 radical (unpaired) electrons. The van der Waals surface area contributed by atoms with Gasteiger partial charge in [0.25, 0.3) is 11.6 Å². The number of carbonyl (C=O) groups is 1. The number of carbonyl (C=O) groups excluding carboxylic acids is 1. The highest BCUT2D eigenvalue weighted by molar-refractivity contribution is 6.37. The van der Waals surface area contributed by atoms with Crippen molar-refractivity contribution >= 4 is 58.2 Å². The molecule has 3 rings (SSSR count). The molecule has 0 heterocycles. The molecule has 0 aliphatic heterocycles. The summed E-state index contributed by atoms with van der Waals surface area (Å²) in [6, 6.07) is 17.3. The molecule has 1 N–H and O–H groups in total. The zero-order chi connectivity index (χ0) is 24.0. The molecule has 0 bridgehead atoms. The summed E-state index contributed by atoms with van der Waals surface area (Å²) in [5, 5.41) is 23.7. The molecular weight excluding hydrogens is 489 g/mol. The Balaban J connectivity index is 1.78. The molecule has 0 fully saturated rings. The first-order valence-corrected chi connectivity index (χ1v) is 10.4. The van der Waals surface area contributed by atoms with E-state index in [4.69, 9.17) is 39.5 Å². The van der Waals surface area contributed by atoms with Crippen molar-refractivity contribution in [2.75, 3.05) is 5.32 Å². The van der Waals surface area contributed by atoms with Crippen LogP contribution in [0, 0.1) is 21.4 Å². The number of hydrogen-bond acceptors (Lipinski definition) is 5. The fourth-order valence-electron chi connectivity index (χ4n) is 2.79. The molecule has 0 aliphatic rings. The molecule has 0 aromatic heterocycles. The summed E-state index contributed by atoms with van der Waals surface area (Å²) in [5.74, 6) is -0.499. The van der Waals surface area contributed by atoms with Gasteiger partial charge in [-0.1, -0.05) is 53.0 Å². The minimum Gasteiger partial charge on any atom is -0.486 e. The van der Waals surface area contributed by atoms with Crippen LogP contribution in [0.2, 0.25) is 15.1 Å². The van der Waals surface area contributed by atoms with Crippen molar-refractivity contribution in [3.63, 3.8) is 0 Å². The van der Waals surface area contributed by atoms with Crippen molar-refractivity contribution in [2.24, 2.45) is 0 Å². The number of hydrogen-bond donors (Lipinski definition) is 1. The van der Waals surface area contributed by atoms with E-state index in [1.54, 1.807) is 24.3 Å². The van der Waals surface area contributed by atoms with E-state index < -0.39 is 10.8 Å². The minimum atomic E-state index is -0.744. The maximum Gasteiger partial charge on any atom is 0.271 e. The van der Waals surface area contributed by atoms with Crippen molar-refractivity contribution in [3.05, 3.63) is 103 Å². The second-order valence-electron chi connectivity index (χ2n) is 6.66. The quantitative estimate of drug-likeness (QED) is 0.168. The number of halogens is 3. The van der Waals surface area contributed by atoms with E-state index in [-0.39, 0.29) is 39.3 Å². The number of non-ortho nitro benzene ring substituents is 1. The van der Waals surface area contributed by atoms with E-state index in [2.05, 4.69) is 5.32 Å². The molecule has 0 saturated heterocycles. The largest absolute Gasteiger partial charge is 0.486 e. The van der Waals surface area contributed by atoms with E-state index in [1.807, 2.05) is 6.07 Å². The molecule has 3 aromatic carbocycles. The maximum atomic E-state index is 12.5. The topological polar surface area (TPSA) is 105 Å². The van der Waals surface area contributed by atoms with Gasteiger partial charge >= 0.3 is 0 Å². The third kappa shape index (κ3) is 6.46. The number of nitriles is 1. The molecule has 166 valence electrons. The zero-order valence-electron chi connectivity index (χ0n) is 16.7. The molecular formula is C23H14Cl3N3O4. The van der Waals surface area contributed by atoms with Crippen molar-refractivity contribution in [2.45, 2.75) is 6.61 Å². The van der Waals surface area contributed by atoms with Crippen LogP contribution in [0.5, 0.6) is 5.75 Å². The predicted molar refractivity (Wildman–Crippen MR) is 128 cm³/mol. The fraction of sp³-hybridized carbons (Fsp3) is 0.0435. The van der Waals surface area contributed by atoms with Gasteiger partial charge in [0.15, 0.2) is 5.75 Å². The number of rotatable bonds is 7. The highest BCUT2D eigenvalue weighted by Crippen LogP contribution is 2.35. The van der Waals surface area contributed by atoms with E-state index in [0.717, 1.165) is 5.56 Å². The number of anilines is 1. The van der Waals surface area contributed by atoms with Crippen LogP contribution in [-0.4, -0.2) is 10.8 Å².